The van der Waals surface area contributed by atoms with Crippen molar-refractivity contribution in [2.24, 2.45) is 0 Å². The van der Waals surface area contributed by atoms with Crippen molar-refractivity contribution >= 4 is 11.3 Å². The molecule has 13 heavy (non-hydrogen) atoms. The normalized spacial score (nSPS) is 10.3. The molecule has 0 fully saturated rings. The van der Waals surface area contributed by atoms with Crippen molar-refractivity contribution in [1.82, 2.24) is 4.98 Å². The maximum Gasteiger partial charge on any atom is 0.260 e. The lowest BCUT2D eigenvalue weighted by molar-refractivity contribution is 0.504. The summed E-state index contributed by atoms with van der Waals surface area (Å²) in [5, 5.41) is -0.491. The molecule has 0 N–H and O–H groups in total. The SMILES string of the molecule is Fc1nc(-c2ccccc2)sc1F. The lowest BCUT2D eigenvalue weighted by atomic mass is 10.2. The highest BCUT2D eigenvalue weighted by Crippen LogP contribution is 2.25. The molecule has 0 saturated heterocycles. The maximum absolute atomic E-state index is 12.6. The van der Waals surface area contributed by atoms with Gasteiger partial charge in [0.25, 0.3) is 5.95 Å². The molecule has 0 aliphatic rings. The Morgan fingerprint density at radius 3 is 2.31 bits per heavy atom. The molecule has 0 atom stereocenters. The van der Waals surface area contributed by atoms with Crippen LogP contribution >= 0.6 is 11.3 Å². The van der Waals surface area contributed by atoms with Crippen LogP contribution in [0.15, 0.2) is 30.3 Å². The van der Waals surface area contributed by atoms with E-state index in [0.29, 0.717) is 16.3 Å². The van der Waals surface area contributed by atoms with Gasteiger partial charge in [0.2, 0.25) is 5.13 Å². The predicted molar refractivity (Wildman–Crippen MR) is 47.5 cm³/mol. The number of halogens is 2. The Morgan fingerprint density at radius 1 is 1.08 bits per heavy atom. The van der Waals surface area contributed by atoms with Gasteiger partial charge in [0, 0.05) is 5.56 Å². The predicted octanol–water partition coefficient (Wildman–Crippen LogP) is 3.09. The van der Waals surface area contributed by atoms with Crippen molar-refractivity contribution < 1.29 is 8.78 Å². The highest BCUT2D eigenvalue weighted by atomic mass is 32.1. The Morgan fingerprint density at radius 2 is 1.77 bits per heavy atom. The molecule has 1 aromatic heterocycles. The first kappa shape index (κ1) is 8.31. The zero-order valence-corrected chi connectivity index (χ0v) is 7.31. The number of nitrogens with zero attached hydrogens (tertiary/aromatic N) is 1. The summed E-state index contributed by atoms with van der Waals surface area (Å²) in [6.45, 7) is 0. The van der Waals surface area contributed by atoms with E-state index in [4.69, 9.17) is 0 Å². The fourth-order valence-electron chi connectivity index (χ4n) is 0.987. The first-order valence-electron chi connectivity index (χ1n) is 3.64. The molecule has 0 aliphatic heterocycles. The highest BCUT2D eigenvalue weighted by molar-refractivity contribution is 7.13. The number of hydrogen-bond donors (Lipinski definition) is 0. The Balaban J connectivity index is 2.48. The molecular formula is C9H5F2NS. The minimum Gasteiger partial charge on any atom is -0.205 e. The van der Waals surface area contributed by atoms with E-state index >= 15 is 0 Å². The second kappa shape index (κ2) is 3.22. The third-order valence-corrected chi connectivity index (χ3v) is 2.44. The molecule has 1 heterocycles. The largest absolute Gasteiger partial charge is 0.260 e. The van der Waals surface area contributed by atoms with Crippen molar-refractivity contribution in [2.75, 3.05) is 0 Å². The van der Waals surface area contributed by atoms with Crippen LogP contribution in [0.2, 0.25) is 0 Å². The number of aromatic nitrogens is 1. The van der Waals surface area contributed by atoms with Crippen LogP contribution in [0.5, 0.6) is 0 Å². The van der Waals surface area contributed by atoms with Crippen LogP contribution in [0.4, 0.5) is 8.78 Å². The maximum atomic E-state index is 12.6. The fraction of sp³-hybridized carbons (Fsp3) is 0. The number of benzene rings is 1. The standard InChI is InChI=1S/C9H5F2NS/c10-7-8(11)13-9(12-7)6-4-2-1-3-5-6/h1-5H. The van der Waals surface area contributed by atoms with E-state index in [9.17, 15) is 8.78 Å². The topological polar surface area (TPSA) is 12.9 Å². The van der Waals surface area contributed by atoms with Gasteiger partial charge in [-0.2, -0.15) is 8.78 Å². The molecule has 0 unspecified atom stereocenters. The average molecular weight is 197 g/mol. The summed E-state index contributed by atoms with van der Waals surface area (Å²) in [6.07, 6.45) is 0. The first-order chi connectivity index (χ1) is 6.27. The molecular weight excluding hydrogens is 192 g/mol. The number of rotatable bonds is 1. The summed E-state index contributed by atoms with van der Waals surface area (Å²) in [5.74, 6) is -1.02. The van der Waals surface area contributed by atoms with E-state index in [0.717, 1.165) is 5.56 Å². The van der Waals surface area contributed by atoms with Crippen LogP contribution in [0, 0.1) is 11.1 Å². The molecule has 0 amide bonds. The second-order valence-electron chi connectivity index (χ2n) is 2.45. The van der Waals surface area contributed by atoms with Crippen LogP contribution in [-0.4, -0.2) is 4.98 Å². The van der Waals surface area contributed by atoms with Gasteiger partial charge in [-0.25, -0.2) is 4.98 Å². The third kappa shape index (κ3) is 1.58. The Hall–Kier alpha value is -1.29. The van der Waals surface area contributed by atoms with E-state index in [-0.39, 0.29) is 0 Å². The van der Waals surface area contributed by atoms with Crippen LogP contribution in [-0.2, 0) is 0 Å². The fourth-order valence-corrected chi connectivity index (χ4v) is 1.67. The van der Waals surface area contributed by atoms with Gasteiger partial charge in [0.15, 0.2) is 0 Å². The van der Waals surface area contributed by atoms with Crippen molar-refractivity contribution in [3.05, 3.63) is 41.4 Å². The van der Waals surface area contributed by atoms with Gasteiger partial charge in [-0.1, -0.05) is 41.7 Å². The van der Waals surface area contributed by atoms with Crippen molar-refractivity contribution in [1.29, 1.82) is 0 Å². The zero-order chi connectivity index (χ0) is 9.26. The van der Waals surface area contributed by atoms with Crippen molar-refractivity contribution in [2.45, 2.75) is 0 Å². The Kier molecular flexibility index (Phi) is 2.06. The summed E-state index contributed by atoms with van der Waals surface area (Å²) in [4.78, 5) is 3.46. The van der Waals surface area contributed by atoms with Crippen molar-refractivity contribution in [3.8, 4) is 10.6 Å². The second-order valence-corrected chi connectivity index (χ2v) is 3.40. The third-order valence-electron chi connectivity index (χ3n) is 1.57. The van der Waals surface area contributed by atoms with Gasteiger partial charge in [0.05, 0.1) is 0 Å². The lowest BCUT2D eigenvalue weighted by Gasteiger charge is -1.91. The molecule has 0 aliphatic carbocycles. The van der Waals surface area contributed by atoms with Gasteiger partial charge in [0.1, 0.15) is 5.01 Å². The molecule has 0 spiro atoms. The number of hydrogen-bond acceptors (Lipinski definition) is 2. The summed E-state index contributed by atoms with van der Waals surface area (Å²) < 4.78 is 25.2. The van der Waals surface area contributed by atoms with Gasteiger partial charge in [-0.15, -0.1) is 0 Å². The molecule has 66 valence electrons. The lowest BCUT2D eigenvalue weighted by Crippen LogP contribution is -1.77. The molecule has 2 aromatic rings. The van der Waals surface area contributed by atoms with E-state index < -0.39 is 11.1 Å². The molecule has 0 bridgehead atoms. The minimum atomic E-state index is -1.02. The molecule has 1 aromatic carbocycles. The minimum absolute atomic E-state index is 0.371. The van der Waals surface area contributed by atoms with E-state index in [2.05, 4.69) is 4.98 Å². The van der Waals surface area contributed by atoms with Crippen LogP contribution < -0.4 is 0 Å². The van der Waals surface area contributed by atoms with Gasteiger partial charge in [-0.3, -0.25) is 0 Å². The summed E-state index contributed by atoms with van der Waals surface area (Å²) >= 11 is 0.715. The summed E-state index contributed by atoms with van der Waals surface area (Å²) in [5.41, 5.74) is 0.732. The molecule has 0 radical (unpaired) electrons. The van der Waals surface area contributed by atoms with E-state index in [1.165, 1.54) is 0 Å². The van der Waals surface area contributed by atoms with E-state index in [1.54, 1.807) is 24.3 Å². The van der Waals surface area contributed by atoms with Crippen LogP contribution in [0.1, 0.15) is 0 Å². The summed E-state index contributed by atoms with van der Waals surface area (Å²) in [6, 6.07) is 8.96. The Bertz CT molecular complexity index is 391. The monoisotopic (exact) mass is 197 g/mol. The smallest absolute Gasteiger partial charge is 0.205 e. The Labute approximate surface area is 77.7 Å². The first-order valence-corrected chi connectivity index (χ1v) is 4.46. The number of thiazole rings is 1. The molecule has 0 saturated carbocycles. The molecule has 2 rings (SSSR count). The van der Waals surface area contributed by atoms with Crippen LogP contribution in [0.3, 0.4) is 0 Å². The average Bonchev–Trinajstić information content (AvgIpc) is 2.49. The van der Waals surface area contributed by atoms with Gasteiger partial charge >= 0.3 is 0 Å². The van der Waals surface area contributed by atoms with Crippen molar-refractivity contribution in [3.63, 3.8) is 0 Å². The summed E-state index contributed by atoms with van der Waals surface area (Å²) in [7, 11) is 0. The molecule has 1 nitrogen and oxygen atoms in total. The van der Waals surface area contributed by atoms with Gasteiger partial charge < -0.3 is 0 Å². The molecule has 4 heteroatoms. The quantitative estimate of drug-likeness (QED) is 0.684. The van der Waals surface area contributed by atoms with Gasteiger partial charge in [-0.05, 0) is 0 Å². The zero-order valence-electron chi connectivity index (χ0n) is 6.50. The van der Waals surface area contributed by atoms with Crippen LogP contribution in [0.25, 0.3) is 10.6 Å². The van der Waals surface area contributed by atoms with E-state index in [1.807, 2.05) is 6.07 Å². The highest BCUT2D eigenvalue weighted by Gasteiger charge is 2.10.